The average Bonchev–Trinajstić information content (AvgIpc) is 3.86. The average molecular weight is 607 g/mol. The molecule has 3 fully saturated rings. The van der Waals surface area contributed by atoms with Crippen LogP contribution >= 0.6 is 0 Å². The lowest BCUT2D eigenvalue weighted by molar-refractivity contribution is 0.0265. The van der Waals surface area contributed by atoms with Gasteiger partial charge in [0, 0.05) is 41.9 Å². The first kappa shape index (κ1) is 28.7. The molecule has 2 saturated carbocycles. The molecule has 0 spiro atoms. The number of carbonyl (C=O) groups excluding carboxylic acids is 1. The fourth-order valence-electron chi connectivity index (χ4n) is 8.80. The SMILES string of the molecule is CC(C)(C)OC(=O)N1CCC[C@H]1C1=NC=C(c2ccc(-c3ccc(-c4cnc(C5CCCC5)[nH]4)cc3F)c3c2C2CCC3C2)C1. The highest BCUT2D eigenvalue weighted by molar-refractivity contribution is 6.03. The van der Waals surface area contributed by atoms with E-state index in [1.54, 1.807) is 6.07 Å². The van der Waals surface area contributed by atoms with Gasteiger partial charge in [-0.1, -0.05) is 37.1 Å². The lowest BCUT2D eigenvalue weighted by Gasteiger charge is -2.29. The van der Waals surface area contributed by atoms with E-state index >= 15 is 4.39 Å². The second kappa shape index (κ2) is 11.0. The van der Waals surface area contributed by atoms with Gasteiger partial charge in [0.05, 0.1) is 17.9 Å². The molecule has 1 saturated heterocycles. The molecule has 3 atom stereocenters. The van der Waals surface area contributed by atoms with Gasteiger partial charge < -0.3 is 9.72 Å². The predicted octanol–water partition coefficient (Wildman–Crippen LogP) is 9.49. The van der Waals surface area contributed by atoms with Crippen LogP contribution in [0.1, 0.15) is 125 Å². The molecular weight excluding hydrogens is 563 g/mol. The van der Waals surface area contributed by atoms with Crippen LogP contribution in [0.3, 0.4) is 0 Å². The van der Waals surface area contributed by atoms with Crippen molar-refractivity contribution in [1.29, 1.82) is 0 Å². The molecule has 1 aromatic heterocycles. The van der Waals surface area contributed by atoms with Gasteiger partial charge in [0.15, 0.2) is 0 Å². The lowest BCUT2D eigenvalue weighted by Crippen LogP contribution is -2.43. The monoisotopic (exact) mass is 606 g/mol. The number of imidazole rings is 1. The Balaban J connectivity index is 1.06. The molecule has 0 radical (unpaired) electrons. The third-order valence-electron chi connectivity index (χ3n) is 10.8. The van der Waals surface area contributed by atoms with Gasteiger partial charge >= 0.3 is 6.09 Å². The van der Waals surface area contributed by atoms with E-state index in [9.17, 15) is 4.79 Å². The van der Waals surface area contributed by atoms with Crippen molar-refractivity contribution in [2.45, 2.75) is 114 Å². The zero-order valence-corrected chi connectivity index (χ0v) is 26.7. The number of nitrogens with one attached hydrogen (secondary N) is 1. The fourth-order valence-corrected chi connectivity index (χ4v) is 8.80. The summed E-state index contributed by atoms with van der Waals surface area (Å²) in [5.41, 5.74) is 9.18. The number of nitrogens with zero attached hydrogens (tertiary/aromatic N) is 3. The Morgan fingerprint density at radius 3 is 2.42 bits per heavy atom. The number of hydrogen-bond donors (Lipinski definition) is 1. The van der Waals surface area contributed by atoms with Gasteiger partial charge in [0.2, 0.25) is 0 Å². The molecule has 2 aliphatic heterocycles. The largest absolute Gasteiger partial charge is 0.444 e. The zero-order chi connectivity index (χ0) is 30.9. The molecule has 1 N–H and O–H groups in total. The summed E-state index contributed by atoms with van der Waals surface area (Å²) in [6, 6.07) is 10.00. The molecule has 45 heavy (non-hydrogen) atoms. The maximum Gasteiger partial charge on any atom is 0.410 e. The van der Waals surface area contributed by atoms with E-state index in [1.807, 2.05) is 50.2 Å². The second-order valence-corrected chi connectivity index (χ2v) is 14.8. The third kappa shape index (κ3) is 5.12. The number of benzene rings is 2. The van der Waals surface area contributed by atoms with E-state index < -0.39 is 5.60 Å². The number of ether oxygens (including phenoxy) is 1. The van der Waals surface area contributed by atoms with Crippen molar-refractivity contribution in [3.63, 3.8) is 0 Å². The molecule has 1 amide bonds. The summed E-state index contributed by atoms with van der Waals surface area (Å²) in [5.74, 6) is 2.33. The molecule has 3 aliphatic carbocycles. The Hall–Kier alpha value is -3.74. The number of rotatable bonds is 5. The summed E-state index contributed by atoms with van der Waals surface area (Å²) in [5, 5.41) is 0. The zero-order valence-electron chi connectivity index (χ0n) is 26.7. The number of aromatic nitrogens is 2. The number of fused-ring (bicyclic) bond motifs is 5. The van der Waals surface area contributed by atoms with E-state index in [1.165, 1.54) is 60.8 Å². The van der Waals surface area contributed by atoms with Crippen LogP contribution in [0.5, 0.6) is 0 Å². The van der Waals surface area contributed by atoms with Gasteiger partial charge in [-0.05, 0) is 111 Å². The van der Waals surface area contributed by atoms with Crippen LogP contribution in [-0.2, 0) is 4.74 Å². The Bertz CT molecular complexity index is 1720. The maximum absolute atomic E-state index is 16.0. The molecule has 5 aliphatic rings. The summed E-state index contributed by atoms with van der Waals surface area (Å²) >= 11 is 0. The van der Waals surface area contributed by atoms with Crippen LogP contribution < -0.4 is 0 Å². The molecule has 7 heteroatoms. The van der Waals surface area contributed by atoms with Gasteiger partial charge in [0.25, 0.3) is 0 Å². The number of amides is 1. The number of likely N-dealkylation sites (tertiary alicyclic amines) is 1. The molecule has 3 heterocycles. The van der Waals surface area contributed by atoms with Crippen molar-refractivity contribution in [2.24, 2.45) is 4.99 Å². The van der Waals surface area contributed by atoms with E-state index in [4.69, 9.17) is 9.73 Å². The minimum absolute atomic E-state index is 0.0194. The summed E-state index contributed by atoms with van der Waals surface area (Å²) in [7, 11) is 0. The molecular formula is C38H43FN4O2. The smallest absolute Gasteiger partial charge is 0.410 e. The second-order valence-electron chi connectivity index (χ2n) is 14.8. The molecule has 2 bridgehead atoms. The summed E-state index contributed by atoms with van der Waals surface area (Å²) in [6.07, 6.45) is 14.6. The van der Waals surface area contributed by atoms with Crippen LogP contribution in [0, 0.1) is 5.82 Å². The number of carbonyl (C=O) groups is 1. The van der Waals surface area contributed by atoms with Crippen LogP contribution in [0.4, 0.5) is 9.18 Å². The van der Waals surface area contributed by atoms with Crippen molar-refractivity contribution in [1.82, 2.24) is 14.9 Å². The van der Waals surface area contributed by atoms with E-state index in [0.29, 0.717) is 29.9 Å². The number of aromatic amines is 1. The van der Waals surface area contributed by atoms with Crippen molar-refractivity contribution in [2.75, 3.05) is 6.54 Å². The molecule has 2 aromatic carbocycles. The number of halogens is 1. The quantitative estimate of drug-likeness (QED) is 0.314. The van der Waals surface area contributed by atoms with Crippen molar-refractivity contribution in [3.8, 4) is 22.4 Å². The first-order chi connectivity index (χ1) is 21.7. The lowest BCUT2D eigenvalue weighted by atomic mass is 9.80. The summed E-state index contributed by atoms with van der Waals surface area (Å²) < 4.78 is 21.7. The van der Waals surface area contributed by atoms with Gasteiger partial charge in [-0.25, -0.2) is 14.2 Å². The van der Waals surface area contributed by atoms with Crippen LogP contribution in [-0.4, -0.2) is 44.9 Å². The van der Waals surface area contributed by atoms with Crippen molar-refractivity contribution in [3.05, 3.63) is 71.1 Å². The highest BCUT2D eigenvalue weighted by Crippen LogP contribution is 2.58. The van der Waals surface area contributed by atoms with Gasteiger partial charge in [-0.15, -0.1) is 0 Å². The molecule has 6 nitrogen and oxygen atoms in total. The normalized spacial score (nSPS) is 24.4. The number of hydrogen-bond acceptors (Lipinski definition) is 4. The van der Waals surface area contributed by atoms with Crippen LogP contribution in [0.2, 0.25) is 0 Å². The van der Waals surface area contributed by atoms with E-state index in [0.717, 1.165) is 54.0 Å². The summed E-state index contributed by atoms with van der Waals surface area (Å²) in [6.45, 7) is 6.43. The fraction of sp³-hybridized carbons (Fsp3) is 0.500. The minimum atomic E-state index is -0.524. The minimum Gasteiger partial charge on any atom is -0.444 e. The number of H-pyrrole nitrogens is 1. The molecule has 8 rings (SSSR count). The Morgan fingerprint density at radius 1 is 0.933 bits per heavy atom. The number of allylic oxidation sites excluding steroid dienone is 1. The first-order valence-corrected chi connectivity index (χ1v) is 17.0. The summed E-state index contributed by atoms with van der Waals surface area (Å²) in [4.78, 5) is 27.8. The molecule has 2 unspecified atom stereocenters. The van der Waals surface area contributed by atoms with Crippen LogP contribution in [0.15, 0.2) is 47.7 Å². The molecule has 3 aromatic rings. The van der Waals surface area contributed by atoms with Gasteiger partial charge in [0.1, 0.15) is 17.2 Å². The van der Waals surface area contributed by atoms with E-state index in [-0.39, 0.29) is 18.0 Å². The standard InChI is InChI=1S/C38H43FN4O2/c1-38(2,3)45-37(44)43-16-6-9-33(43)31-19-26(20-40-31)27-14-15-29(35-25-11-10-24(17-25)34(27)35)28-13-12-23(18-30(28)39)32-21-41-36(42-32)22-7-4-5-8-22/h12-15,18,20-22,24-25,33H,4-11,16-17,19H2,1-3H3,(H,41,42)/t24?,25?,33-/m0/s1. The molecule has 234 valence electrons. The Kier molecular flexibility index (Phi) is 6.99. The third-order valence-corrected chi connectivity index (χ3v) is 10.8. The highest BCUT2D eigenvalue weighted by atomic mass is 19.1. The van der Waals surface area contributed by atoms with Crippen LogP contribution in [0.25, 0.3) is 28.0 Å². The highest BCUT2D eigenvalue weighted by Gasteiger charge is 2.42. The number of aliphatic imine (C=N–C) groups is 1. The Morgan fingerprint density at radius 2 is 1.67 bits per heavy atom. The van der Waals surface area contributed by atoms with Crippen molar-refractivity contribution < 1.29 is 13.9 Å². The Labute approximate surface area is 265 Å². The first-order valence-electron chi connectivity index (χ1n) is 17.0. The predicted molar refractivity (Wildman–Crippen MR) is 176 cm³/mol. The van der Waals surface area contributed by atoms with E-state index in [2.05, 4.69) is 22.1 Å². The van der Waals surface area contributed by atoms with Gasteiger partial charge in [-0.2, -0.15) is 0 Å². The topological polar surface area (TPSA) is 70.6 Å². The van der Waals surface area contributed by atoms with Gasteiger partial charge in [-0.3, -0.25) is 9.89 Å². The van der Waals surface area contributed by atoms with Crippen molar-refractivity contribution >= 4 is 17.4 Å². The maximum atomic E-state index is 16.0.